The van der Waals surface area contributed by atoms with E-state index in [9.17, 15) is 13.2 Å². The van der Waals surface area contributed by atoms with Crippen LogP contribution in [0.2, 0.25) is 0 Å². The number of anilines is 1. The Morgan fingerprint density at radius 3 is 2.29 bits per heavy atom. The summed E-state index contributed by atoms with van der Waals surface area (Å²) in [6.45, 7) is 0.164. The van der Waals surface area contributed by atoms with Crippen molar-refractivity contribution in [1.29, 1.82) is 0 Å². The fourth-order valence-corrected chi connectivity index (χ4v) is 5.80. The zero-order valence-corrected chi connectivity index (χ0v) is 20.2. The van der Waals surface area contributed by atoms with Crippen molar-refractivity contribution in [2.75, 3.05) is 5.32 Å². The molecule has 1 heterocycles. The van der Waals surface area contributed by atoms with E-state index in [0.717, 1.165) is 26.5 Å². The second-order valence-corrected chi connectivity index (χ2v) is 10.9. The second-order valence-electron chi connectivity index (χ2n) is 7.35. The van der Waals surface area contributed by atoms with Crippen molar-refractivity contribution < 1.29 is 13.2 Å². The molecule has 1 aromatic heterocycles. The SMILES string of the molecule is O=C(Nc1ccc(S(=O)(=O)NCc2cc(Br)cc(Br)c2)cc1)C1CC1c1ccncc1. The molecule has 1 aliphatic rings. The van der Waals surface area contributed by atoms with Gasteiger partial charge < -0.3 is 5.32 Å². The number of carbonyl (C=O) groups is 1. The summed E-state index contributed by atoms with van der Waals surface area (Å²) >= 11 is 6.79. The van der Waals surface area contributed by atoms with Crippen LogP contribution in [0.4, 0.5) is 5.69 Å². The standard InChI is InChI=1S/C22H19Br2N3O3S/c23-16-9-14(10-17(24)11-16)13-26-31(29,30)19-3-1-18(2-4-19)27-22(28)21-12-20(21)15-5-7-25-8-6-15/h1-11,20-21,26H,12-13H2,(H,27,28). The summed E-state index contributed by atoms with van der Waals surface area (Å²) in [5.74, 6) is 0.0812. The third-order valence-electron chi connectivity index (χ3n) is 5.08. The number of aromatic nitrogens is 1. The third kappa shape index (κ3) is 5.60. The summed E-state index contributed by atoms with van der Waals surface area (Å²) in [7, 11) is -3.68. The fraction of sp³-hybridized carbons (Fsp3) is 0.182. The molecule has 0 aliphatic heterocycles. The Morgan fingerprint density at radius 2 is 1.65 bits per heavy atom. The van der Waals surface area contributed by atoms with Crippen molar-refractivity contribution in [2.45, 2.75) is 23.8 Å². The number of amides is 1. The van der Waals surface area contributed by atoms with Gasteiger partial charge in [-0.25, -0.2) is 13.1 Å². The monoisotopic (exact) mass is 563 g/mol. The molecule has 31 heavy (non-hydrogen) atoms. The second kappa shape index (κ2) is 9.20. The van der Waals surface area contributed by atoms with E-state index >= 15 is 0 Å². The Labute approximate surface area is 197 Å². The van der Waals surface area contributed by atoms with Gasteiger partial charge in [-0.3, -0.25) is 9.78 Å². The van der Waals surface area contributed by atoms with Gasteiger partial charge in [0.1, 0.15) is 0 Å². The molecule has 1 saturated carbocycles. The molecule has 1 aliphatic carbocycles. The summed E-state index contributed by atoms with van der Waals surface area (Å²) in [6, 6.07) is 15.6. The highest BCUT2D eigenvalue weighted by Gasteiger charge is 2.43. The van der Waals surface area contributed by atoms with Crippen molar-refractivity contribution in [3.05, 3.63) is 87.1 Å². The number of pyridine rings is 1. The van der Waals surface area contributed by atoms with E-state index in [4.69, 9.17) is 0 Å². The smallest absolute Gasteiger partial charge is 0.240 e. The van der Waals surface area contributed by atoms with Crippen LogP contribution in [0.15, 0.2) is 80.8 Å². The zero-order chi connectivity index (χ0) is 22.0. The van der Waals surface area contributed by atoms with E-state index in [-0.39, 0.29) is 29.2 Å². The normalized spacial score (nSPS) is 17.9. The molecule has 6 nitrogen and oxygen atoms in total. The predicted molar refractivity (Wildman–Crippen MR) is 126 cm³/mol. The largest absolute Gasteiger partial charge is 0.326 e. The number of rotatable bonds is 7. The lowest BCUT2D eigenvalue weighted by atomic mass is 10.1. The van der Waals surface area contributed by atoms with Crippen molar-refractivity contribution >= 4 is 53.5 Å². The Morgan fingerprint density at radius 1 is 1.00 bits per heavy atom. The van der Waals surface area contributed by atoms with Crippen molar-refractivity contribution in [3.63, 3.8) is 0 Å². The van der Waals surface area contributed by atoms with Crippen molar-refractivity contribution in [2.24, 2.45) is 5.92 Å². The molecule has 3 aromatic rings. The highest BCUT2D eigenvalue weighted by atomic mass is 79.9. The van der Waals surface area contributed by atoms with Gasteiger partial charge in [-0.15, -0.1) is 0 Å². The molecule has 160 valence electrons. The number of sulfonamides is 1. The molecular formula is C22H19Br2N3O3S. The van der Waals surface area contributed by atoms with E-state index in [0.29, 0.717) is 5.69 Å². The van der Waals surface area contributed by atoms with Crippen LogP contribution in [-0.2, 0) is 21.4 Å². The van der Waals surface area contributed by atoms with Gasteiger partial charge in [-0.1, -0.05) is 31.9 Å². The number of hydrogen-bond donors (Lipinski definition) is 2. The number of benzene rings is 2. The Balaban J connectivity index is 1.35. The highest BCUT2D eigenvalue weighted by Crippen LogP contribution is 2.47. The van der Waals surface area contributed by atoms with E-state index in [2.05, 4.69) is 46.9 Å². The first-order valence-corrected chi connectivity index (χ1v) is 12.6. The van der Waals surface area contributed by atoms with Crippen LogP contribution in [0, 0.1) is 5.92 Å². The zero-order valence-electron chi connectivity index (χ0n) is 16.3. The quantitative estimate of drug-likeness (QED) is 0.430. The van der Waals surface area contributed by atoms with Gasteiger partial charge in [0.15, 0.2) is 0 Å². The van der Waals surface area contributed by atoms with Crippen LogP contribution in [0.25, 0.3) is 0 Å². The molecule has 0 bridgehead atoms. The molecule has 4 rings (SSSR count). The number of hydrogen-bond acceptors (Lipinski definition) is 4. The van der Waals surface area contributed by atoms with Gasteiger partial charge in [0, 0.05) is 39.5 Å². The summed E-state index contributed by atoms with van der Waals surface area (Å²) in [5, 5.41) is 2.87. The molecule has 2 unspecified atom stereocenters. The molecule has 2 aromatic carbocycles. The van der Waals surface area contributed by atoms with Gasteiger partial charge in [0.05, 0.1) is 4.90 Å². The topological polar surface area (TPSA) is 88.2 Å². The van der Waals surface area contributed by atoms with Gasteiger partial charge in [0.25, 0.3) is 0 Å². The van der Waals surface area contributed by atoms with Gasteiger partial charge in [-0.2, -0.15) is 0 Å². The first-order valence-electron chi connectivity index (χ1n) is 9.57. The first kappa shape index (κ1) is 22.1. The van der Waals surface area contributed by atoms with E-state index in [1.54, 1.807) is 24.5 Å². The van der Waals surface area contributed by atoms with E-state index in [1.165, 1.54) is 12.1 Å². The summed E-state index contributed by atoms with van der Waals surface area (Å²) in [6.07, 6.45) is 4.26. The molecule has 0 spiro atoms. The molecule has 9 heteroatoms. The third-order valence-corrected chi connectivity index (χ3v) is 7.42. The average Bonchev–Trinajstić information content (AvgIpc) is 3.54. The number of nitrogens with one attached hydrogen (secondary N) is 2. The maximum absolute atomic E-state index is 12.6. The van der Waals surface area contributed by atoms with Crippen LogP contribution in [-0.4, -0.2) is 19.3 Å². The van der Waals surface area contributed by atoms with Crippen LogP contribution >= 0.6 is 31.9 Å². The first-order chi connectivity index (χ1) is 14.8. The van der Waals surface area contributed by atoms with E-state index < -0.39 is 10.0 Å². The average molecular weight is 565 g/mol. The minimum atomic E-state index is -3.68. The molecule has 0 saturated heterocycles. The Kier molecular flexibility index (Phi) is 6.57. The molecule has 1 amide bonds. The lowest BCUT2D eigenvalue weighted by molar-refractivity contribution is -0.117. The summed E-state index contributed by atoms with van der Waals surface area (Å²) in [4.78, 5) is 16.6. The number of nitrogens with zero attached hydrogens (tertiary/aromatic N) is 1. The molecule has 0 radical (unpaired) electrons. The van der Waals surface area contributed by atoms with Gasteiger partial charge >= 0.3 is 0 Å². The van der Waals surface area contributed by atoms with Crippen molar-refractivity contribution in [1.82, 2.24) is 9.71 Å². The predicted octanol–water partition coefficient (Wildman–Crippen LogP) is 4.83. The minimum absolute atomic E-state index is 0.0595. The lowest BCUT2D eigenvalue weighted by Crippen LogP contribution is -2.23. The maximum atomic E-state index is 12.6. The molecule has 2 atom stereocenters. The van der Waals surface area contributed by atoms with Crippen LogP contribution < -0.4 is 10.0 Å². The molecule has 2 N–H and O–H groups in total. The molecular weight excluding hydrogens is 546 g/mol. The van der Waals surface area contributed by atoms with Crippen LogP contribution in [0.1, 0.15) is 23.5 Å². The highest BCUT2D eigenvalue weighted by molar-refractivity contribution is 9.11. The minimum Gasteiger partial charge on any atom is -0.326 e. The van der Waals surface area contributed by atoms with Crippen molar-refractivity contribution in [3.8, 4) is 0 Å². The lowest BCUT2D eigenvalue weighted by Gasteiger charge is -2.09. The molecule has 1 fully saturated rings. The summed E-state index contributed by atoms with van der Waals surface area (Å²) < 4.78 is 29.5. The maximum Gasteiger partial charge on any atom is 0.240 e. The number of carbonyl (C=O) groups excluding carboxylic acids is 1. The van der Waals surface area contributed by atoms with Gasteiger partial charge in [-0.05, 0) is 78.1 Å². The van der Waals surface area contributed by atoms with E-state index in [1.807, 2.05) is 30.3 Å². The Bertz CT molecular complexity index is 1180. The summed E-state index contributed by atoms with van der Waals surface area (Å²) in [5.41, 5.74) is 2.50. The fourth-order valence-electron chi connectivity index (χ4n) is 3.39. The number of halogens is 2. The van der Waals surface area contributed by atoms with Crippen LogP contribution in [0.5, 0.6) is 0 Å². The van der Waals surface area contributed by atoms with Gasteiger partial charge in [0.2, 0.25) is 15.9 Å². The van der Waals surface area contributed by atoms with Crippen LogP contribution in [0.3, 0.4) is 0 Å². The Hall–Kier alpha value is -2.07.